The van der Waals surface area contributed by atoms with Crippen molar-refractivity contribution in [1.82, 2.24) is 14.5 Å². The quantitative estimate of drug-likeness (QED) is 0.484. The minimum atomic E-state index is -0.933. The zero-order valence-electron chi connectivity index (χ0n) is 15.0. The average Bonchev–Trinajstić information content (AvgIpc) is 3.15. The molecule has 3 rings (SSSR count). The van der Waals surface area contributed by atoms with Gasteiger partial charge in [0.1, 0.15) is 16.4 Å². The Kier molecular flexibility index (Phi) is 5.23. The second kappa shape index (κ2) is 7.61. The van der Waals surface area contributed by atoms with Gasteiger partial charge in [0.05, 0.1) is 0 Å². The first-order valence-corrected chi connectivity index (χ1v) is 8.97. The fourth-order valence-electron chi connectivity index (χ4n) is 2.38. The van der Waals surface area contributed by atoms with Gasteiger partial charge < -0.3 is 10.5 Å². The standard InChI is InChI=1S/C18H16N4O5S/c1-9-3-5-10(6-4-9)16-20-11(8-28-16)17(25)27-7-12(23)13-14(19)22(2)18(26)21-15(13)24/h3-6,8H,7,19H2,1-2H3,(H,21,24,26). The lowest BCUT2D eigenvalue weighted by molar-refractivity contribution is 0.0469. The highest BCUT2D eigenvalue weighted by molar-refractivity contribution is 7.13. The van der Waals surface area contributed by atoms with Crippen LogP contribution in [0.3, 0.4) is 0 Å². The number of rotatable bonds is 5. The summed E-state index contributed by atoms with van der Waals surface area (Å²) < 4.78 is 5.87. The molecular weight excluding hydrogens is 384 g/mol. The number of hydrogen-bond acceptors (Lipinski definition) is 8. The lowest BCUT2D eigenvalue weighted by atomic mass is 10.2. The highest BCUT2D eigenvalue weighted by Crippen LogP contribution is 2.24. The number of nitrogens with zero attached hydrogens (tertiary/aromatic N) is 2. The van der Waals surface area contributed by atoms with Crippen LogP contribution in [0.25, 0.3) is 10.6 Å². The van der Waals surface area contributed by atoms with E-state index in [1.54, 1.807) is 0 Å². The molecule has 0 spiro atoms. The summed E-state index contributed by atoms with van der Waals surface area (Å²) in [5.74, 6) is -1.93. The molecule has 0 unspecified atom stereocenters. The van der Waals surface area contributed by atoms with E-state index < -0.39 is 35.2 Å². The predicted octanol–water partition coefficient (Wildman–Crippen LogP) is 1.13. The molecule has 9 nitrogen and oxygen atoms in total. The Labute approximate surface area is 162 Å². The van der Waals surface area contributed by atoms with Crippen LogP contribution in [0.2, 0.25) is 0 Å². The molecule has 0 bridgehead atoms. The maximum Gasteiger partial charge on any atom is 0.358 e. The van der Waals surface area contributed by atoms with Gasteiger partial charge in [-0.15, -0.1) is 11.3 Å². The Morgan fingerprint density at radius 3 is 2.61 bits per heavy atom. The van der Waals surface area contributed by atoms with E-state index in [2.05, 4.69) is 4.98 Å². The normalized spacial score (nSPS) is 10.6. The van der Waals surface area contributed by atoms with Gasteiger partial charge in [0.2, 0.25) is 5.78 Å². The van der Waals surface area contributed by atoms with Gasteiger partial charge in [0.25, 0.3) is 5.56 Å². The van der Waals surface area contributed by atoms with E-state index in [9.17, 15) is 19.2 Å². The van der Waals surface area contributed by atoms with Crippen LogP contribution in [-0.2, 0) is 11.8 Å². The van der Waals surface area contributed by atoms with Gasteiger partial charge in [-0.25, -0.2) is 14.6 Å². The molecular formula is C18H16N4O5S. The number of aromatic nitrogens is 3. The van der Waals surface area contributed by atoms with Crippen molar-refractivity contribution >= 4 is 28.9 Å². The van der Waals surface area contributed by atoms with E-state index in [-0.39, 0.29) is 11.5 Å². The Hall–Kier alpha value is -3.53. The summed E-state index contributed by atoms with van der Waals surface area (Å²) in [6.07, 6.45) is 0. The summed E-state index contributed by atoms with van der Waals surface area (Å²) >= 11 is 1.27. The summed E-state index contributed by atoms with van der Waals surface area (Å²) in [6, 6.07) is 7.65. The number of carbonyl (C=O) groups excluding carboxylic acids is 2. The third-order valence-electron chi connectivity index (χ3n) is 3.99. The van der Waals surface area contributed by atoms with Gasteiger partial charge in [-0.3, -0.25) is 19.1 Å². The summed E-state index contributed by atoms with van der Waals surface area (Å²) in [7, 11) is 1.30. The van der Waals surface area contributed by atoms with Crippen molar-refractivity contribution in [2.24, 2.45) is 7.05 Å². The van der Waals surface area contributed by atoms with Crippen molar-refractivity contribution in [3.63, 3.8) is 0 Å². The van der Waals surface area contributed by atoms with Gasteiger partial charge >= 0.3 is 11.7 Å². The number of esters is 1. The van der Waals surface area contributed by atoms with Crippen molar-refractivity contribution in [3.8, 4) is 10.6 Å². The van der Waals surface area contributed by atoms with Crippen LogP contribution in [0, 0.1) is 6.92 Å². The van der Waals surface area contributed by atoms with Crippen molar-refractivity contribution < 1.29 is 14.3 Å². The number of thiazole rings is 1. The van der Waals surface area contributed by atoms with Crippen molar-refractivity contribution in [1.29, 1.82) is 0 Å². The Morgan fingerprint density at radius 2 is 1.93 bits per heavy atom. The van der Waals surface area contributed by atoms with Crippen molar-refractivity contribution in [3.05, 3.63) is 67.3 Å². The van der Waals surface area contributed by atoms with E-state index in [4.69, 9.17) is 10.5 Å². The third-order valence-corrected chi connectivity index (χ3v) is 4.89. The van der Waals surface area contributed by atoms with E-state index in [0.29, 0.717) is 5.01 Å². The number of ketones is 1. The first-order valence-electron chi connectivity index (χ1n) is 8.09. The Morgan fingerprint density at radius 1 is 1.25 bits per heavy atom. The number of Topliss-reactive ketones (excluding diaryl/α,β-unsaturated/α-hetero) is 1. The molecule has 0 amide bonds. The van der Waals surface area contributed by atoms with Gasteiger partial charge in [0.15, 0.2) is 12.3 Å². The maximum atomic E-state index is 12.2. The number of nitrogens with two attached hydrogens (primary N) is 1. The number of nitrogen functional groups attached to an aromatic ring is 1. The second-order valence-electron chi connectivity index (χ2n) is 5.98. The number of nitrogens with one attached hydrogen (secondary N) is 1. The number of ether oxygens (including phenoxy) is 1. The first-order chi connectivity index (χ1) is 13.3. The highest BCUT2D eigenvalue weighted by Gasteiger charge is 2.21. The number of carbonyl (C=O) groups is 2. The molecule has 0 aliphatic carbocycles. The Balaban J connectivity index is 1.72. The summed E-state index contributed by atoms with van der Waals surface area (Å²) in [5.41, 5.74) is 5.55. The molecule has 0 aliphatic rings. The van der Waals surface area contributed by atoms with E-state index in [1.165, 1.54) is 23.8 Å². The summed E-state index contributed by atoms with van der Waals surface area (Å²) in [6.45, 7) is 1.26. The van der Waals surface area contributed by atoms with Crippen LogP contribution in [0.1, 0.15) is 26.4 Å². The number of aryl methyl sites for hydroxylation is 1. The molecule has 0 aliphatic heterocycles. The molecule has 2 aromatic heterocycles. The van der Waals surface area contributed by atoms with E-state index >= 15 is 0 Å². The van der Waals surface area contributed by atoms with Crippen LogP contribution in [0.15, 0.2) is 39.2 Å². The van der Waals surface area contributed by atoms with Gasteiger partial charge in [0, 0.05) is 18.0 Å². The monoisotopic (exact) mass is 400 g/mol. The number of hydrogen-bond donors (Lipinski definition) is 2. The minimum Gasteiger partial charge on any atom is -0.453 e. The molecule has 0 atom stereocenters. The second-order valence-corrected chi connectivity index (χ2v) is 6.84. The largest absolute Gasteiger partial charge is 0.453 e. The fourth-order valence-corrected chi connectivity index (χ4v) is 3.18. The molecule has 3 N–H and O–H groups in total. The predicted molar refractivity (Wildman–Crippen MR) is 104 cm³/mol. The zero-order valence-corrected chi connectivity index (χ0v) is 15.8. The number of H-pyrrole nitrogens is 1. The van der Waals surface area contributed by atoms with Crippen molar-refractivity contribution in [2.75, 3.05) is 12.3 Å². The zero-order chi connectivity index (χ0) is 20.4. The molecule has 0 fully saturated rings. The molecule has 144 valence electrons. The topological polar surface area (TPSA) is 137 Å². The molecule has 0 saturated heterocycles. The van der Waals surface area contributed by atoms with Crippen LogP contribution in [0.4, 0.5) is 5.82 Å². The van der Waals surface area contributed by atoms with Crippen LogP contribution < -0.4 is 17.0 Å². The third kappa shape index (κ3) is 3.76. The molecule has 28 heavy (non-hydrogen) atoms. The SMILES string of the molecule is Cc1ccc(-c2nc(C(=O)OCC(=O)c3c(N)n(C)c(=O)[nH]c3=O)cs2)cc1. The van der Waals surface area contributed by atoms with Crippen molar-refractivity contribution in [2.45, 2.75) is 6.92 Å². The lowest BCUT2D eigenvalue weighted by Gasteiger charge is -2.07. The number of anilines is 1. The Bertz CT molecular complexity index is 1170. The van der Waals surface area contributed by atoms with Gasteiger partial charge in [-0.1, -0.05) is 29.8 Å². The highest BCUT2D eigenvalue weighted by atomic mass is 32.1. The van der Waals surface area contributed by atoms with Crippen LogP contribution in [-0.4, -0.2) is 32.9 Å². The van der Waals surface area contributed by atoms with E-state index in [1.807, 2.05) is 36.2 Å². The smallest absolute Gasteiger partial charge is 0.358 e. The van der Waals surface area contributed by atoms with Crippen LogP contribution >= 0.6 is 11.3 Å². The first kappa shape index (κ1) is 19.2. The van der Waals surface area contributed by atoms with E-state index in [0.717, 1.165) is 15.7 Å². The summed E-state index contributed by atoms with van der Waals surface area (Å²) in [4.78, 5) is 53.9. The lowest BCUT2D eigenvalue weighted by Crippen LogP contribution is -2.35. The molecule has 0 radical (unpaired) electrons. The average molecular weight is 400 g/mol. The molecule has 3 aromatic rings. The molecule has 2 heterocycles. The molecule has 0 saturated carbocycles. The molecule has 1 aromatic carbocycles. The number of aromatic amines is 1. The maximum absolute atomic E-state index is 12.2. The fraction of sp³-hybridized carbons (Fsp3) is 0.167. The van der Waals surface area contributed by atoms with Crippen LogP contribution in [0.5, 0.6) is 0 Å². The van der Waals surface area contributed by atoms with Gasteiger partial charge in [-0.2, -0.15) is 0 Å². The number of benzene rings is 1. The van der Waals surface area contributed by atoms with Gasteiger partial charge in [-0.05, 0) is 6.92 Å². The summed E-state index contributed by atoms with van der Waals surface area (Å²) in [5, 5.41) is 2.16. The minimum absolute atomic E-state index is 0.0516. The molecule has 10 heteroatoms.